The highest BCUT2D eigenvalue weighted by molar-refractivity contribution is 5.51. The molecule has 4 nitrogen and oxygen atoms in total. The second-order valence-electron chi connectivity index (χ2n) is 5.45. The molecule has 112 valence electrons. The van der Waals surface area contributed by atoms with Crippen molar-refractivity contribution in [3.63, 3.8) is 0 Å². The van der Waals surface area contributed by atoms with Crippen LogP contribution in [0.15, 0.2) is 24.3 Å². The number of hydrogen-bond donors (Lipinski definition) is 1. The van der Waals surface area contributed by atoms with Crippen molar-refractivity contribution in [3.8, 4) is 17.2 Å². The van der Waals surface area contributed by atoms with Crippen LogP contribution in [-0.2, 0) is 6.42 Å². The van der Waals surface area contributed by atoms with Crippen LogP contribution in [-0.4, -0.2) is 24.3 Å². The zero-order chi connectivity index (χ0) is 14.8. The third-order valence-corrected chi connectivity index (χ3v) is 3.97. The molecule has 0 saturated carbocycles. The molecule has 2 heterocycles. The minimum absolute atomic E-state index is 0.613. The van der Waals surface area contributed by atoms with Gasteiger partial charge in [-0.2, -0.15) is 0 Å². The molecule has 3 rings (SSSR count). The predicted molar refractivity (Wildman–Crippen MR) is 83.6 cm³/mol. The van der Waals surface area contributed by atoms with Gasteiger partial charge in [-0.1, -0.05) is 0 Å². The summed E-state index contributed by atoms with van der Waals surface area (Å²) in [5, 5.41) is 0. The first kappa shape index (κ1) is 14.0. The van der Waals surface area contributed by atoms with Crippen LogP contribution in [0.4, 0.5) is 0 Å². The molecule has 1 aromatic carbocycles. The monoisotopic (exact) mass is 286 g/mol. The number of ether oxygens (including phenoxy) is 2. The highest BCUT2D eigenvalue weighted by Gasteiger charge is 2.15. The van der Waals surface area contributed by atoms with Gasteiger partial charge in [0.25, 0.3) is 0 Å². The summed E-state index contributed by atoms with van der Waals surface area (Å²) in [5.41, 5.74) is 10.6. The Balaban J connectivity index is 1.98. The SMILES string of the molecule is Cc1cc(CCCN)c(C)n1-c1ccc2c(c1)OCCO2. The van der Waals surface area contributed by atoms with Crippen molar-refractivity contribution in [2.24, 2.45) is 5.73 Å². The Labute approximate surface area is 125 Å². The van der Waals surface area contributed by atoms with E-state index >= 15 is 0 Å². The number of nitrogens with two attached hydrogens (primary N) is 1. The number of aromatic nitrogens is 1. The second kappa shape index (κ2) is 5.82. The van der Waals surface area contributed by atoms with Crippen molar-refractivity contribution in [2.45, 2.75) is 26.7 Å². The second-order valence-corrected chi connectivity index (χ2v) is 5.45. The number of rotatable bonds is 4. The first-order valence-electron chi connectivity index (χ1n) is 7.48. The number of hydrogen-bond acceptors (Lipinski definition) is 3. The van der Waals surface area contributed by atoms with Gasteiger partial charge >= 0.3 is 0 Å². The third kappa shape index (κ3) is 2.63. The van der Waals surface area contributed by atoms with E-state index in [4.69, 9.17) is 15.2 Å². The van der Waals surface area contributed by atoms with Gasteiger partial charge < -0.3 is 19.8 Å². The Morgan fingerprint density at radius 1 is 1.10 bits per heavy atom. The molecule has 0 aliphatic carbocycles. The van der Waals surface area contributed by atoms with Crippen LogP contribution in [0.1, 0.15) is 23.4 Å². The maximum atomic E-state index is 5.68. The van der Waals surface area contributed by atoms with E-state index in [0.717, 1.165) is 36.6 Å². The van der Waals surface area contributed by atoms with E-state index in [-0.39, 0.29) is 0 Å². The molecule has 21 heavy (non-hydrogen) atoms. The van der Waals surface area contributed by atoms with Gasteiger partial charge in [0.15, 0.2) is 11.5 Å². The highest BCUT2D eigenvalue weighted by atomic mass is 16.6. The minimum atomic E-state index is 0.613. The Kier molecular flexibility index (Phi) is 3.88. The minimum Gasteiger partial charge on any atom is -0.486 e. The number of nitrogens with zero attached hydrogens (tertiary/aromatic N) is 1. The summed E-state index contributed by atoms with van der Waals surface area (Å²) in [6.07, 6.45) is 2.05. The van der Waals surface area contributed by atoms with Crippen molar-refractivity contribution >= 4 is 0 Å². The van der Waals surface area contributed by atoms with E-state index in [9.17, 15) is 0 Å². The number of benzene rings is 1. The van der Waals surface area contributed by atoms with Crippen molar-refractivity contribution in [1.29, 1.82) is 0 Å². The first-order valence-corrected chi connectivity index (χ1v) is 7.48. The molecule has 2 N–H and O–H groups in total. The maximum Gasteiger partial charge on any atom is 0.163 e. The summed E-state index contributed by atoms with van der Waals surface area (Å²) in [4.78, 5) is 0. The molecule has 0 spiro atoms. The summed E-state index contributed by atoms with van der Waals surface area (Å²) in [5.74, 6) is 1.66. The van der Waals surface area contributed by atoms with Crippen molar-refractivity contribution < 1.29 is 9.47 Å². The topological polar surface area (TPSA) is 49.4 Å². The lowest BCUT2D eigenvalue weighted by atomic mass is 10.1. The van der Waals surface area contributed by atoms with Gasteiger partial charge in [0, 0.05) is 23.1 Å². The normalized spacial score (nSPS) is 13.5. The fraction of sp³-hybridized carbons (Fsp3) is 0.412. The molecule has 1 aromatic heterocycles. The third-order valence-electron chi connectivity index (χ3n) is 3.97. The lowest BCUT2D eigenvalue weighted by Gasteiger charge is -2.20. The van der Waals surface area contributed by atoms with Gasteiger partial charge in [-0.15, -0.1) is 0 Å². The van der Waals surface area contributed by atoms with Crippen LogP contribution in [0.5, 0.6) is 11.5 Å². The Bertz CT molecular complexity index is 646. The van der Waals surface area contributed by atoms with Gasteiger partial charge in [0.1, 0.15) is 13.2 Å². The lowest BCUT2D eigenvalue weighted by Crippen LogP contribution is -2.15. The molecular weight excluding hydrogens is 264 g/mol. The van der Waals surface area contributed by atoms with Gasteiger partial charge in [-0.3, -0.25) is 0 Å². The molecular formula is C17H22N2O2. The first-order chi connectivity index (χ1) is 10.2. The van der Waals surface area contributed by atoms with E-state index in [1.165, 1.54) is 17.0 Å². The van der Waals surface area contributed by atoms with E-state index < -0.39 is 0 Å². The largest absolute Gasteiger partial charge is 0.486 e. The molecule has 0 bridgehead atoms. The molecule has 0 radical (unpaired) electrons. The van der Waals surface area contributed by atoms with Crippen molar-refractivity contribution in [1.82, 2.24) is 4.57 Å². The molecule has 0 atom stereocenters. The zero-order valence-corrected chi connectivity index (χ0v) is 12.7. The molecule has 0 unspecified atom stereocenters. The number of fused-ring (bicyclic) bond motifs is 1. The predicted octanol–water partition coefficient (Wildman–Crippen LogP) is 2.76. The van der Waals surface area contributed by atoms with Crippen molar-refractivity contribution in [2.75, 3.05) is 19.8 Å². The Morgan fingerprint density at radius 2 is 1.86 bits per heavy atom. The Morgan fingerprint density at radius 3 is 2.62 bits per heavy atom. The Hall–Kier alpha value is -1.94. The van der Waals surface area contributed by atoms with E-state index in [2.05, 4.69) is 36.6 Å². The molecule has 0 fully saturated rings. The van der Waals surface area contributed by atoms with Gasteiger partial charge in [0.2, 0.25) is 0 Å². The van der Waals surface area contributed by atoms with Gasteiger partial charge in [0.05, 0.1) is 0 Å². The van der Waals surface area contributed by atoms with Crippen LogP contribution in [0.25, 0.3) is 5.69 Å². The fourth-order valence-electron chi connectivity index (χ4n) is 2.94. The molecule has 1 aliphatic heterocycles. The molecule has 2 aromatic rings. The van der Waals surface area contributed by atoms with E-state index in [1.54, 1.807) is 0 Å². The zero-order valence-electron chi connectivity index (χ0n) is 12.7. The van der Waals surface area contributed by atoms with Gasteiger partial charge in [-0.25, -0.2) is 0 Å². The van der Waals surface area contributed by atoms with Crippen LogP contribution < -0.4 is 15.2 Å². The molecule has 1 aliphatic rings. The molecule has 4 heteroatoms. The standard InChI is InChI=1S/C17H22N2O2/c1-12-10-14(4-3-7-18)13(2)19(12)15-5-6-16-17(11-15)21-9-8-20-16/h5-6,10-11H,3-4,7-9,18H2,1-2H3. The average molecular weight is 286 g/mol. The van der Waals surface area contributed by atoms with Crippen LogP contribution in [0.3, 0.4) is 0 Å². The summed E-state index contributed by atoms with van der Waals surface area (Å²) in [7, 11) is 0. The lowest BCUT2D eigenvalue weighted by molar-refractivity contribution is 0.171. The summed E-state index contributed by atoms with van der Waals surface area (Å²) >= 11 is 0. The smallest absolute Gasteiger partial charge is 0.163 e. The number of aryl methyl sites for hydroxylation is 2. The fourth-order valence-corrected chi connectivity index (χ4v) is 2.94. The van der Waals surface area contributed by atoms with Gasteiger partial charge in [-0.05, 0) is 57.0 Å². The molecule has 0 amide bonds. The maximum absolute atomic E-state index is 5.68. The average Bonchev–Trinajstić information content (AvgIpc) is 2.79. The highest BCUT2D eigenvalue weighted by Crippen LogP contribution is 2.33. The summed E-state index contributed by atoms with van der Waals surface area (Å²) in [6, 6.07) is 8.38. The van der Waals surface area contributed by atoms with Crippen LogP contribution in [0, 0.1) is 13.8 Å². The van der Waals surface area contributed by atoms with Crippen LogP contribution >= 0.6 is 0 Å². The quantitative estimate of drug-likeness (QED) is 0.940. The van der Waals surface area contributed by atoms with E-state index in [0.29, 0.717) is 13.2 Å². The molecule has 0 saturated heterocycles. The van der Waals surface area contributed by atoms with E-state index in [1.807, 2.05) is 6.07 Å². The summed E-state index contributed by atoms with van der Waals surface area (Å²) < 4.78 is 13.5. The summed E-state index contributed by atoms with van der Waals surface area (Å²) in [6.45, 7) is 6.26. The van der Waals surface area contributed by atoms with Crippen molar-refractivity contribution in [3.05, 3.63) is 41.2 Å². The van der Waals surface area contributed by atoms with Crippen LogP contribution in [0.2, 0.25) is 0 Å².